The molecule has 0 saturated heterocycles. The number of ether oxygens (including phenoxy) is 3. The molecule has 13 heteroatoms. The summed E-state index contributed by atoms with van der Waals surface area (Å²) < 4.78 is 14.6. The predicted octanol–water partition coefficient (Wildman–Crippen LogP) is 2.93. The zero-order valence-corrected chi connectivity index (χ0v) is 27.4. The lowest BCUT2D eigenvalue weighted by Gasteiger charge is -2.52. The third kappa shape index (κ3) is 10.1. The molecule has 0 aliphatic rings. The number of hydrogen-bond donors (Lipinski definition) is 5. The van der Waals surface area contributed by atoms with Gasteiger partial charge in [0.25, 0.3) is 5.91 Å². The molecule has 45 heavy (non-hydrogen) atoms. The highest BCUT2D eigenvalue weighted by Crippen LogP contribution is 2.44. The van der Waals surface area contributed by atoms with E-state index in [9.17, 15) is 24.3 Å². The van der Waals surface area contributed by atoms with Crippen molar-refractivity contribution in [3.8, 4) is 17.1 Å². The Balaban J connectivity index is 2.39. The Labute approximate surface area is 264 Å². The Morgan fingerprint density at radius 2 is 1.58 bits per heavy atom. The lowest BCUT2D eigenvalue weighted by atomic mass is 9.59. The molecule has 0 spiro atoms. The highest BCUT2D eigenvalue weighted by molar-refractivity contribution is 5.92. The van der Waals surface area contributed by atoms with Crippen molar-refractivity contribution in [3.63, 3.8) is 0 Å². The summed E-state index contributed by atoms with van der Waals surface area (Å²) in [5, 5.41) is 19.3. The molecule has 0 bridgehead atoms. The van der Waals surface area contributed by atoms with Crippen LogP contribution in [0.15, 0.2) is 42.5 Å². The fourth-order valence-corrected chi connectivity index (χ4v) is 5.55. The fraction of sp³-hybridized carbons (Fsp3) is 0.531. The van der Waals surface area contributed by atoms with E-state index in [1.807, 2.05) is 77.9 Å². The monoisotopic (exact) mass is 629 g/mol. The minimum absolute atomic E-state index is 0.0461. The molecule has 0 fully saturated rings. The molecule has 0 radical (unpaired) electrons. The van der Waals surface area contributed by atoms with Gasteiger partial charge in [-0.25, -0.2) is 14.6 Å². The Morgan fingerprint density at radius 3 is 2.11 bits per heavy atom. The van der Waals surface area contributed by atoms with Crippen LogP contribution in [0.2, 0.25) is 0 Å². The van der Waals surface area contributed by atoms with E-state index < -0.39 is 59.1 Å². The van der Waals surface area contributed by atoms with Gasteiger partial charge in [-0.2, -0.15) is 0 Å². The maximum absolute atomic E-state index is 14.3. The van der Waals surface area contributed by atoms with Crippen molar-refractivity contribution >= 4 is 24.0 Å². The fourth-order valence-electron chi connectivity index (χ4n) is 5.55. The molecule has 248 valence electrons. The molecule has 1 heterocycles. The second kappa shape index (κ2) is 15.6. The summed E-state index contributed by atoms with van der Waals surface area (Å²) >= 11 is 0. The molecule has 2 unspecified atom stereocenters. The largest absolute Gasteiger partial charge is 0.481 e. The number of alkyl carbamates (subject to hydrolysis) is 1. The van der Waals surface area contributed by atoms with Gasteiger partial charge in [-0.15, -0.1) is 0 Å². The molecule has 2 aromatic rings. The summed E-state index contributed by atoms with van der Waals surface area (Å²) in [6, 6.07) is 12.4. The standard InChI is InChI=1S/C32H47N5O8/c1-30(2,3)32(31(4,5)6,37-29(42)44-8)27(40)35-22(17-23(38)18-34-25(39)19-45-28(33)41)16-20-12-14-21(15-13-20)24-10-9-11-26(36-24)43-7/h9-15,22-23,38H,16-19H2,1-8H3,(H2,33,41)(H,34,39)(H,35,40)(H,37,42). The van der Waals surface area contributed by atoms with Gasteiger partial charge in [-0.1, -0.05) is 71.9 Å². The maximum atomic E-state index is 14.3. The van der Waals surface area contributed by atoms with E-state index in [0.29, 0.717) is 12.3 Å². The first-order valence-electron chi connectivity index (χ1n) is 14.6. The van der Waals surface area contributed by atoms with Gasteiger partial charge < -0.3 is 41.0 Å². The molecular formula is C32H47N5O8. The number of aliphatic hydroxyl groups excluding tert-OH is 1. The van der Waals surface area contributed by atoms with Crippen LogP contribution >= 0.6 is 0 Å². The van der Waals surface area contributed by atoms with Gasteiger partial charge in [0, 0.05) is 24.2 Å². The molecule has 2 rings (SSSR count). The van der Waals surface area contributed by atoms with E-state index >= 15 is 0 Å². The van der Waals surface area contributed by atoms with Gasteiger partial charge in [-0.3, -0.25) is 9.59 Å². The topological polar surface area (TPSA) is 191 Å². The van der Waals surface area contributed by atoms with Crippen LogP contribution in [-0.4, -0.2) is 79.1 Å². The number of methoxy groups -OCH3 is 2. The molecule has 4 amide bonds. The predicted molar refractivity (Wildman–Crippen MR) is 168 cm³/mol. The van der Waals surface area contributed by atoms with Crippen molar-refractivity contribution in [1.82, 2.24) is 20.9 Å². The minimum atomic E-state index is -1.43. The van der Waals surface area contributed by atoms with E-state index in [-0.39, 0.29) is 13.0 Å². The second-order valence-corrected chi connectivity index (χ2v) is 12.8. The first kappa shape index (κ1) is 36.8. The Hall–Kier alpha value is -4.39. The maximum Gasteiger partial charge on any atom is 0.407 e. The molecule has 6 N–H and O–H groups in total. The van der Waals surface area contributed by atoms with Gasteiger partial charge >= 0.3 is 12.2 Å². The summed E-state index contributed by atoms with van der Waals surface area (Å²) in [4.78, 5) is 54.1. The summed E-state index contributed by atoms with van der Waals surface area (Å²) in [5.41, 5.74) is 4.37. The number of carbonyl (C=O) groups is 4. The SMILES string of the molecule is COC(=O)NC(C(=O)NC(Cc1ccc(-c2cccc(OC)n2)cc1)CC(O)CNC(=O)COC(N)=O)(C(C)(C)C)C(C)(C)C. The first-order valence-corrected chi connectivity index (χ1v) is 14.6. The summed E-state index contributed by atoms with van der Waals surface area (Å²) in [7, 11) is 2.78. The van der Waals surface area contributed by atoms with Crippen LogP contribution in [0, 0.1) is 10.8 Å². The molecule has 0 aliphatic carbocycles. The molecule has 1 aromatic carbocycles. The van der Waals surface area contributed by atoms with Crippen molar-refractivity contribution in [3.05, 3.63) is 48.0 Å². The average Bonchev–Trinajstić information content (AvgIpc) is 2.96. The number of benzene rings is 1. The van der Waals surface area contributed by atoms with Crippen molar-refractivity contribution in [2.45, 2.75) is 72.1 Å². The number of primary amides is 1. The number of carbonyl (C=O) groups excluding carboxylic acids is 4. The number of pyridine rings is 1. The Morgan fingerprint density at radius 1 is 0.956 bits per heavy atom. The zero-order chi connectivity index (χ0) is 34.0. The van der Waals surface area contributed by atoms with Gasteiger partial charge in [0.15, 0.2) is 6.61 Å². The highest BCUT2D eigenvalue weighted by Gasteiger charge is 2.58. The van der Waals surface area contributed by atoms with Gasteiger partial charge in [0.05, 0.1) is 26.0 Å². The number of aromatic nitrogens is 1. The third-order valence-electron chi connectivity index (χ3n) is 7.50. The lowest BCUT2D eigenvalue weighted by Crippen LogP contribution is -2.72. The third-order valence-corrected chi connectivity index (χ3v) is 7.50. The molecule has 2 atom stereocenters. The number of nitrogens with one attached hydrogen (secondary N) is 3. The van der Waals surface area contributed by atoms with Gasteiger partial charge in [0.2, 0.25) is 11.8 Å². The van der Waals surface area contributed by atoms with Crippen LogP contribution < -0.4 is 26.4 Å². The normalized spacial score (nSPS) is 13.2. The van der Waals surface area contributed by atoms with Gasteiger partial charge in [0.1, 0.15) is 5.54 Å². The van der Waals surface area contributed by atoms with Crippen LogP contribution in [-0.2, 0) is 25.5 Å². The summed E-state index contributed by atoms with van der Waals surface area (Å²) in [5.74, 6) is -0.610. The summed E-state index contributed by atoms with van der Waals surface area (Å²) in [6.45, 7) is 10.4. The van der Waals surface area contributed by atoms with Crippen molar-refractivity contribution in [2.75, 3.05) is 27.4 Å². The Kier molecular flexibility index (Phi) is 12.7. The lowest BCUT2D eigenvalue weighted by molar-refractivity contribution is -0.140. The molecule has 13 nitrogen and oxygen atoms in total. The second-order valence-electron chi connectivity index (χ2n) is 12.8. The number of aliphatic hydroxyl groups is 1. The van der Waals surface area contributed by atoms with E-state index in [0.717, 1.165) is 16.8 Å². The molecule has 0 saturated carbocycles. The van der Waals surface area contributed by atoms with Crippen molar-refractivity contribution in [1.29, 1.82) is 0 Å². The smallest absolute Gasteiger partial charge is 0.407 e. The zero-order valence-electron chi connectivity index (χ0n) is 27.4. The van der Waals surface area contributed by atoms with E-state index in [1.165, 1.54) is 7.11 Å². The van der Waals surface area contributed by atoms with Crippen LogP contribution in [0.4, 0.5) is 9.59 Å². The molecule has 0 aliphatic heterocycles. The van der Waals surface area contributed by atoms with E-state index in [2.05, 4.69) is 25.7 Å². The quantitative estimate of drug-likeness (QED) is 0.222. The summed E-state index contributed by atoms with van der Waals surface area (Å²) in [6.07, 6.45) is -2.57. The number of hydrogen-bond acceptors (Lipinski definition) is 9. The highest BCUT2D eigenvalue weighted by atomic mass is 16.5. The number of nitrogens with zero attached hydrogens (tertiary/aromatic N) is 1. The van der Waals surface area contributed by atoms with Crippen molar-refractivity contribution in [2.24, 2.45) is 16.6 Å². The minimum Gasteiger partial charge on any atom is -0.481 e. The Bertz CT molecular complexity index is 1300. The number of amides is 4. The first-order chi connectivity index (χ1) is 20.9. The molecule has 1 aromatic heterocycles. The number of nitrogens with two attached hydrogens (primary N) is 1. The van der Waals surface area contributed by atoms with E-state index in [4.69, 9.17) is 15.2 Å². The molecular weight excluding hydrogens is 582 g/mol. The van der Waals surface area contributed by atoms with Crippen LogP contribution in [0.5, 0.6) is 5.88 Å². The van der Waals surface area contributed by atoms with Crippen LogP contribution in [0.1, 0.15) is 53.5 Å². The number of rotatable bonds is 13. The van der Waals surface area contributed by atoms with E-state index in [1.54, 1.807) is 13.2 Å². The van der Waals surface area contributed by atoms with Crippen LogP contribution in [0.25, 0.3) is 11.3 Å². The van der Waals surface area contributed by atoms with Crippen molar-refractivity contribution < 1.29 is 38.5 Å². The van der Waals surface area contributed by atoms with Crippen LogP contribution in [0.3, 0.4) is 0 Å². The van der Waals surface area contributed by atoms with Gasteiger partial charge in [-0.05, 0) is 35.3 Å². The average molecular weight is 630 g/mol.